The lowest BCUT2D eigenvalue weighted by Gasteiger charge is -2.36. The first-order valence-electron chi connectivity index (χ1n) is 30.2. The lowest BCUT2D eigenvalue weighted by atomic mass is 9.87. The van der Waals surface area contributed by atoms with E-state index in [4.69, 9.17) is 36.1 Å². The lowest BCUT2D eigenvalue weighted by molar-refractivity contribution is -0.652. The summed E-state index contributed by atoms with van der Waals surface area (Å²) >= 11 is 1.72. The Balaban J connectivity index is 0.000000707. The number of carbonyl (C=O) groups is 8. The van der Waals surface area contributed by atoms with Gasteiger partial charge in [-0.25, -0.2) is 38.5 Å². The number of hydrogen-bond acceptors (Lipinski definition) is 48. The van der Waals surface area contributed by atoms with Gasteiger partial charge in [0.15, 0.2) is 45.6 Å². The number of aromatic nitrogens is 8. The average Bonchev–Trinajstić information content (AvgIpc) is 1.62. The van der Waals surface area contributed by atoms with Gasteiger partial charge in [0.2, 0.25) is 23.6 Å². The fraction of sp³-hybridized carbons (Fsp3) is 0.633. The molecule has 53 nitrogen and oxygen atoms in total. The third-order valence-corrected chi connectivity index (χ3v) is 21.6. The Kier molecular flexibility index (Phi) is 38.3. The zero-order valence-electron chi connectivity index (χ0n) is 57.7. The molecule has 110 heavy (non-hydrogen) atoms. The summed E-state index contributed by atoms with van der Waals surface area (Å²) in [7, 11) is -35.2. The molecule has 14 unspecified atom stereocenters. The number of carboxylic acid groups (broad SMARTS) is 1. The molecule has 2 fully saturated rings. The minimum atomic E-state index is -5.93. The third kappa shape index (κ3) is 32.5. The fourth-order valence-corrected chi connectivity index (χ4v) is 15.4. The molecule has 6 heterocycles. The number of nitrogens with zero attached hydrogens (tertiary/aromatic N) is 8. The standard InChI is InChI=1S/C24H38N7O19P3S.C23H38N7O17P3S.CH2O3.CH4/c1-24(2,19(37)22(38)27-4-3-13(32)26-5-6-54-15(35)7-14(33)34)9-47-53(44,45)50-52(42,43)46-8-12-18(49-51(39,40)41)17(36)23(48-12)31-11-30-16-20(25)28-10-29-21(16)31;1-12(31)51-7-6-25-14(32)4-5-26-21(35)18(34)23(2,3)9-44-50(41,42)47-49(39,40)43-8-13-17(46-48(36,37)38)16(33)22(45-13)30-11-29-15-19(24)27-10-28-20(15)30;2-1-4-3;/h10-12,17-19,23,36-37H,3-9H2,1-2H3,(H,26,32)(H,27,38)(H,33,34)(H,42,43)(H,44,45)(H2,25,28,29)(H2,39,40,41);10-11,13,16-18,22,33-34H,4-9H2,1-3H3,(H,25,32)(H,26,35)(H,39,40)(H,41,42)(H2,24,27,28)(H2,36,37,38);1,3H;1H4/p-8. The molecule has 0 radical (unpaired) electrons. The summed E-state index contributed by atoms with van der Waals surface area (Å²) in [6, 6.07) is 0. The molecule has 0 spiro atoms. The first kappa shape index (κ1) is 98.2. The maximum absolute atomic E-state index is 12.5. The lowest BCUT2D eigenvalue weighted by Crippen LogP contribution is -2.46. The highest BCUT2D eigenvalue weighted by molar-refractivity contribution is 8.13. The van der Waals surface area contributed by atoms with Gasteiger partial charge in [0, 0.05) is 68.3 Å². The van der Waals surface area contributed by atoms with E-state index >= 15 is 0 Å². The molecule has 61 heteroatoms. The molecule has 4 aromatic heterocycles. The summed E-state index contributed by atoms with van der Waals surface area (Å²) in [5.41, 5.74) is 8.06. The molecule has 0 saturated carbocycles. The van der Waals surface area contributed by atoms with E-state index < -0.39 is 187 Å². The van der Waals surface area contributed by atoms with Gasteiger partial charge < -0.3 is 153 Å². The first-order valence-corrected chi connectivity index (χ1v) is 40.9. The number of amides is 4. The van der Waals surface area contributed by atoms with Crippen molar-refractivity contribution in [3.05, 3.63) is 25.3 Å². The molecular weight excluding hydrogens is 1660 g/mol. The third-order valence-electron chi connectivity index (χ3n) is 13.9. The van der Waals surface area contributed by atoms with Crippen molar-refractivity contribution in [3.8, 4) is 0 Å². The van der Waals surface area contributed by atoms with Crippen molar-refractivity contribution in [2.24, 2.45) is 10.8 Å². The van der Waals surface area contributed by atoms with Crippen molar-refractivity contribution < 1.29 is 187 Å². The van der Waals surface area contributed by atoms with E-state index in [0.717, 1.165) is 60.1 Å². The van der Waals surface area contributed by atoms with Crippen LogP contribution in [-0.2, 0) is 116 Å². The number of nitrogens with one attached hydrogen (secondary N) is 4. The van der Waals surface area contributed by atoms with Gasteiger partial charge in [0.1, 0.15) is 78.9 Å². The number of aliphatic carboxylic acids is 1. The topological polar surface area (TPSA) is 837 Å². The van der Waals surface area contributed by atoms with E-state index in [9.17, 15) is 121 Å². The van der Waals surface area contributed by atoms with Crippen molar-refractivity contribution in [2.75, 3.05) is 75.6 Å². The number of carbonyl (C=O) groups excluding carboxylic acids is 7. The van der Waals surface area contributed by atoms with E-state index in [1.807, 2.05) is 0 Å². The number of hydrogen-bond donors (Lipinski definition) is 11. The van der Waals surface area contributed by atoms with Crippen LogP contribution >= 0.6 is 70.5 Å². The molecule has 2 aliphatic rings. The van der Waals surface area contributed by atoms with Crippen LogP contribution < -0.4 is 77.1 Å². The van der Waals surface area contributed by atoms with E-state index in [1.165, 1.54) is 20.8 Å². The average molecular weight is 1730 g/mol. The van der Waals surface area contributed by atoms with E-state index in [-0.39, 0.29) is 99.2 Å². The van der Waals surface area contributed by atoms with Gasteiger partial charge in [-0.1, -0.05) is 58.6 Å². The Morgan fingerprint density at radius 3 is 1.30 bits per heavy atom. The molecule has 6 rings (SSSR count). The molecule has 4 amide bonds. The van der Waals surface area contributed by atoms with Gasteiger partial charge in [-0.15, -0.1) is 0 Å². The van der Waals surface area contributed by atoms with Crippen molar-refractivity contribution in [1.29, 1.82) is 0 Å². The van der Waals surface area contributed by atoms with E-state index in [0.29, 0.717) is 17.5 Å². The Labute approximate surface area is 630 Å². The van der Waals surface area contributed by atoms with Crippen LogP contribution in [0.2, 0.25) is 0 Å². The fourth-order valence-electron chi connectivity index (χ4n) is 8.75. The highest BCUT2D eigenvalue weighted by Gasteiger charge is 2.49. The van der Waals surface area contributed by atoms with Crippen LogP contribution in [0.25, 0.3) is 22.3 Å². The number of nitrogen functional groups attached to an aromatic ring is 2. The number of rotatable bonds is 41. The number of aliphatic hydroxyl groups is 4. The molecule has 2 saturated heterocycles. The quantitative estimate of drug-likeness (QED) is 0.00491. The van der Waals surface area contributed by atoms with Crippen molar-refractivity contribution >= 4 is 151 Å². The molecule has 14 atom stereocenters. The zero-order chi connectivity index (χ0) is 82.4. The maximum Gasteiger partial charge on any atom is 1.00 e. The monoisotopic (exact) mass is 1730 g/mol. The number of thioether (sulfide) groups is 2. The smallest absolute Gasteiger partial charge is 0.790 e. The SMILES string of the molecule is C.CC(=O)SCCNC(=O)CCNC(=O)C(O)C(C)(C)COP(=O)([O-])OP(=O)([O-])OCC1OC(n2cnc3c(N)ncnc32)C(O)C1OP(=O)([O-])[O-].CC(C)(COP(=O)([O-])OP(=O)([O-])OCC1OC(n2cnc3c(N)ncnc32)C(O)C1OP(=O)([O-])[O-])C(O)C(=O)NCCC(=O)NCCSC(=O)CC(=O)O.O=CO[O-].[H+]. The zero-order valence-corrected chi connectivity index (χ0v) is 63.7. The van der Waals surface area contributed by atoms with E-state index in [2.05, 4.69) is 91.8 Å². The normalized spacial score (nSPS) is 21.4. The molecule has 0 bridgehead atoms. The van der Waals surface area contributed by atoms with Gasteiger partial charge in [0.25, 0.3) is 37.8 Å². The van der Waals surface area contributed by atoms with Crippen LogP contribution in [0, 0.1) is 10.8 Å². The van der Waals surface area contributed by atoms with E-state index in [1.54, 1.807) is 0 Å². The number of aliphatic hydroxyl groups excluding tert-OH is 4. The second-order valence-corrected chi connectivity index (χ2v) is 33.8. The number of anilines is 2. The largest absolute Gasteiger partial charge is 1.00 e. The Bertz CT molecular complexity index is 4130. The molecule has 13 N–H and O–H groups in total. The molecule has 2 aliphatic heterocycles. The minimum absolute atomic E-state index is 0. The Morgan fingerprint density at radius 1 is 0.609 bits per heavy atom. The van der Waals surface area contributed by atoms with Gasteiger partial charge in [0.05, 0.1) is 54.7 Å². The number of ether oxygens (including phenoxy) is 2. The molecule has 624 valence electrons. The maximum atomic E-state index is 12.5. The summed E-state index contributed by atoms with van der Waals surface area (Å²) in [5.74, 6) is -4.11. The molecule has 0 aliphatic carbocycles. The predicted octanol–water partition coefficient (Wildman–Crippen LogP) is -9.05. The first-order chi connectivity index (χ1) is 50.3. The van der Waals surface area contributed by atoms with Crippen LogP contribution in [0.4, 0.5) is 11.6 Å². The van der Waals surface area contributed by atoms with Gasteiger partial charge in [-0.2, -0.15) is 0 Å². The second kappa shape index (κ2) is 42.9. The van der Waals surface area contributed by atoms with Gasteiger partial charge in [-0.3, -0.25) is 65.8 Å². The van der Waals surface area contributed by atoms with Crippen LogP contribution in [-0.4, -0.2) is 224 Å². The Morgan fingerprint density at radius 2 is 0.964 bits per heavy atom. The number of phosphoric ester groups is 6. The number of nitrogens with two attached hydrogens (primary N) is 2. The number of carboxylic acids is 1. The predicted molar refractivity (Wildman–Crippen MR) is 349 cm³/mol. The van der Waals surface area contributed by atoms with Crippen molar-refractivity contribution in [2.45, 2.75) is 123 Å². The van der Waals surface area contributed by atoms with Gasteiger partial charge >= 0.3 is 7.40 Å². The molecular formula is C49H74N14O39P6S2-8. The summed E-state index contributed by atoms with van der Waals surface area (Å²) in [6.07, 6.45) is -16.0. The van der Waals surface area contributed by atoms with Crippen molar-refractivity contribution in [3.63, 3.8) is 0 Å². The van der Waals surface area contributed by atoms with Crippen LogP contribution in [0.5, 0.6) is 0 Å². The van der Waals surface area contributed by atoms with Gasteiger partial charge in [-0.05, 0) is 0 Å². The number of fused-ring (bicyclic) bond motifs is 2. The van der Waals surface area contributed by atoms with Crippen LogP contribution in [0.1, 0.15) is 75.2 Å². The number of phosphoric acid groups is 6. The molecule has 0 aromatic carbocycles. The second-order valence-electron chi connectivity index (χ2n) is 23.3. The highest BCUT2D eigenvalue weighted by Crippen LogP contribution is 2.58. The summed E-state index contributed by atoms with van der Waals surface area (Å²) < 4.78 is 120. The summed E-state index contributed by atoms with van der Waals surface area (Å²) in [5, 5.41) is 68.1. The number of imidazole rings is 2. The summed E-state index contributed by atoms with van der Waals surface area (Å²) in [6.45, 7) is 1.04. The summed E-state index contributed by atoms with van der Waals surface area (Å²) in [4.78, 5) is 211. The highest BCUT2D eigenvalue weighted by atomic mass is 32.2. The van der Waals surface area contributed by atoms with Crippen LogP contribution in [0.15, 0.2) is 25.3 Å². The van der Waals surface area contributed by atoms with Crippen LogP contribution in [0.3, 0.4) is 0 Å². The Hall–Kier alpha value is -5.98. The molecule has 4 aromatic rings. The van der Waals surface area contributed by atoms with Crippen molar-refractivity contribution in [1.82, 2.24) is 60.3 Å². The minimum Gasteiger partial charge on any atom is -0.790 e.